The van der Waals surface area contributed by atoms with Crippen molar-refractivity contribution in [1.29, 1.82) is 0 Å². The summed E-state index contributed by atoms with van der Waals surface area (Å²) < 4.78 is 0. The molecule has 0 aliphatic carbocycles. The van der Waals surface area contributed by atoms with E-state index in [1.807, 2.05) is 30.9 Å². The predicted molar refractivity (Wildman–Crippen MR) is 138 cm³/mol. The highest BCUT2D eigenvalue weighted by atomic mass is 35.5. The van der Waals surface area contributed by atoms with Crippen molar-refractivity contribution in [3.8, 4) is 0 Å². The van der Waals surface area contributed by atoms with E-state index in [9.17, 15) is 14.4 Å². The molecular weight excluding hydrogens is 466 g/mol. The third kappa shape index (κ3) is 6.06. The molecule has 0 bridgehead atoms. The van der Waals surface area contributed by atoms with Crippen molar-refractivity contribution >= 4 is 40.8 Å². The van der Waals surface area contributed by atoms with Gasteiger partial charge in [0.15, 0.2) is 0 Å². The van der Waals surface area contributed by atoms with Crippen molar-refractivity contribution in [1.82, 2.24) is 15.1 Å². The second kappa shape index (κ2) is 11.0. The van der Waals surface area contributed by atoms with Crippen LogP contribution in [0.4, 0.5) is 16.2 Å². The van der Waals surface area contributed by atoms with E-state index < -0.39 is 0 Å². The number of carbonyl (C=O) groups excluding carboxylic acids is 3. The monoisotopic (exact) mass is 497 g/mol. The summed E-state index contributed by atoms with van der Waals surface area (Å²) in [6.45, 7) is 7.77. The lowest BCUT2D eigenvalue weighted by Crippen LogP contribution is -2.53. The van der Waals surface area contributed by atoms with Gasteiger partial charge in [-0.1, -0.05) is 11.6 Å². The molecule has 2 aliphatic rings. The van der Waals surface area contributed by atoms with Gasteiger partial charge in [-0.2, -0.15) is 0 Å². The summed E-state index contributed by atoms with van der Waals surface area (Å²) >= 11 is 5.93. The molecule has 0 radical (unpaired) electrons. The Morgan fingerprint density at radius 2 is 1.51 bits per heavy atom. The quantitative estimate of drug-likeness (QED) is 0.652. The van der Waals surface area contributed by atoms with Crippen molar-refractivity contribution < 1.29 is 14.4 Å². The number of rotatable bonds is 5. The summed E-state index contributed by atoms with van der Waals surface area (Å²) in [5.74, 6) is -0.293. The number of nitrogens with one attached hydrogen (secondary N) is 2. The SMILES string of the molecule is CC(C)NC(=O)N1CCN(c2ccc(NC(=O)c3ccc(Cl)cc3)cc2C(=O)N2CCCC2)CC1. The van der Waals surface area contributed by atoms with E-state index in [0.717, 1.165) is 31.6 Å². The fourth-order valence-electron chi connectivity index (χ4n) is 4.44. The van der Waals surface area contributed by atoms with Gasteiger partial charge >= 0.3 is 6.03 Å². The lowest BCUT2D eigenvalue weighted by molar-refractivity contribution is 0.0792. The van der Waals surface area contributed by atoms with E-state index in [1.165, 1.54) is 0 Å². The minimum absolute atomic E-state index is 0.0277. The molecule has 2 fully saturated rings. The molecule has 2 aliphatic heterocycles. The van der Waals surface area contributed by atoms with Crippen LogP contribution in [0.25, 0.3) is 0 Å². The van der Waals surface area contributed by atoms with Gasteiger partial charge in [-0.15, -0.1) is 0 Å². The topological polar surface area (TPSA) is 85.0 Å². The van der Waals surface area contributed by atoms with Crippen molar-refractivity contribution in [3.05, 3.63) is 58.6 Å². The lowest BCUT2D eigenvalue weighted by atomic mass is 10.1. The zero-order valence-electron chi connectivity index (χ0n) is 20.2. The number of urea groups is 1. The highest BCUT2D eigenvalue weighted by Crippen LogP contribution is 2.28. The Morgan fingerprint density at radius 1 is 0.857 bits per heavy atom. The molecule has 0 aromatic heterocycles. The van der Waals surface area contributed by atoms with Crippen LogP contribution in [0.5, 0.6) is 0 Å². The van der Waals surface area contributed by atoms with Crippen molar-refractivity contribution in [2.45, 2.75) is 32.7 Å². The summed E-state index contributed by atoms with van der Waals surface area (Å²) in [7, 11) is 0. The fraction of sp³-hybridized carbons (Fsp3) is 0.423. The van der Waals surface area contributed by atoms with E-state index in [1.54, 1.807) is 35.2 Å². The van der Waals surface area contributed by atoms with E-state index in [4.69, 9.17) is 11.6 Å². The molecule has 9 heteroatoms. The van der Waals surface area contributed by atoms with Crippen LogP contribution in [0.15, 0.2) is 42.5 Å². The Bertz CT molecular complexity index is 1070. The second-order valence-electron chi connectivity index (χ2n) is 9.27. The van der Waals surface area contributed by atoms with Gasteiger partial charge < -0.3 is 25.3 Å². The Labute approximate surface area is 211 Å². The number of hydrogen-bond acceptors (Lipinski definition) is 4. The number of nitrogens with zero attached hydrogens (tertiary/aromatic N) is 3. The third-order valence-electron chi connectivity index (χ3n) is 6.30. The fourth-order valence-corrected chi connectivity index (χ4v) is 4.57. The molecule has 2 N–H and O–H groups in total. The number of halogens is 1. The van der Waals surface area contributed by atoms with E-state index in [0.29, 0.717) is 48.0 Å². The molecular formula is C26H32ClN5O3. The average Bonchev–Trinajstić information content (AvgIpc) is 3.39. The van der Waals surface area contributed by atoms with Crippen molar-refractivity contribution in [2.75, 3.05) is 49.5 Å². The highest BCUT2D eigenvalue weighted by Gasteiger charge is 2.27. The first-order valence-corrected chi connectivity index (χ1v) is 12.5. The van der Waals surface area contributed by atoms with Gasteiger partial charge in [-0.05, 0) is 69.2 Å². The van der Waals surface area contributed by atoms with Crippen LogP contribution >= 0.6 is 11.6 Å². The Balaban J connectivity index is 1.53. The maximum absolute atomic E-state index is 13.4. The van der Waals surface area contributed by atoms with Crippen LogP contribution in [0, 0.1) is 0 Å². The number of anilines is 2. The molecule has 0 atom stereocenters. The van der Waals surface area contributed by atoms with Gasteiger partial charge in [0.2, 0.25) is 0 Å². The number of benzene rings is 2. The Morgan fingerprint density at radius 3 is 2.14 bits per heavy atom. The molecule has 2 aromatic carbocycles. The number of likely N-dealkylation sites (tertiary alicyclic amines) is 1. The van der Waals surface area contributed by atoms with E-state index in [2.05, 4.69) is 15.5 Å². The van der Waals surface area contributed by atoms with Crippen LogP contribution in [-0.4, -0.2) is 73.0 Å². The molecule has 0 unspecified atom stereocenters. The van der Waals surface area contributed by atoms with Gasteiger partial charge in [0.1, 0.15) is 0 Å². The maximum Gasteiger partial charge on any atom is 0.317 e. The summed E-state index contributed by atoms with van der Waals surface area (Å²) in [5.41, 5.74) is 2.45. The lowest BCUT2D eigenvalue weighted by Gasteiger charge is -2.37. The zero-order valence-corrected chi connectivity index (χ0v) is 21.0. The van der Waals surface area contributed by atoms with E-state index >= 15 is 0 Å². The molecule has 2 saturated heterocycles. The smallest absolute Gasteiger partial charge is 0.317 e. The number of amides is 4. The molecule has 4 amide bonds. The molecule has 0 spiro atoms. The molecule has 186 valence electrons. The number of piperazine rings is 1. The van der Waals surface area contributed by atoms with Gasteiger partial charge in [0.25, 0.3) is 11.8 Å². The molecule has 2 heterocycles. The first-order valence-electron chi connectivity index (χ1n) is 12.1. The summed E-state index contributed by atoms with van der Waals surface area (Å²) in [5, 5.41) is 6.40. The second-order valence-corrected chi connectivity index (χ2v) is 9.71. The summed E-state index contributed by atoms with van der Waals surface area (Å²) in [4.78, 5) is 44.4. The number of hydrogen-bond donors (Lipinski definition) is 2. The summed E-state index contributed by atoms with van der Waals surface area (Å²) in [6, 6.07) is 12.2. The first-order chi connectivity index (χ1) is 16.8. The van der Waals surface area contributed by atoms with Gasteiger partial charge in [0, 0.05) is 67.3 Å². The van der Waals surface area contributed by atoms with Crippen LogP contribution in [0.3, 0.4) is 0 Å². The van der Waals surface area contributed by atoms with Gasteiger partial charge in [-0.25, -0.2) is 4.79 Å². The van der Waals surface area contributed by atoms with Crippen LogP contribution in [0.1, 0.15) is 47.4 Å². The molecule has 2 aromatic rings. The minimum atomic E-state index is -0.265. The van der Waals surface area contributed by atoms with Gasteiger partial charge in [-0.3, -0.25) is 9.59 Å². The van der Waals surface area contributed by atoms with Crippen molar-refractivity contribution in [2.24, 2.45) is 0 Å². The summed E-state index contributed by atoms with van der Waals surface area (Å²) in [6.07, 6.45) is 2.00. The highest BCUT2D eigenvalue weighted by molar-refractivity contribution is 6.30. The van der Waals surface area contributed by atoms with Gasteiger partial charge in [0.05, 0.1) is 5.56 Å². The average molecular weight is 498 g/mol. The minimum Gasteiger partial charge on any atom is -0.367 e. The maximum atomic E-state index is 13.4. The molecule has 4 rings (SSSR count). The number of carbonyl (C=O) groups is 3. The third-order valence-corrected chi connectivity index (χ3v) is 6.56. The van der Waals surface area contributed by atoms with Crippen LogP contribution < -0.4 is 15.5 Å². The Hall–Kier alpha value is -3.26. The molecule has 8 nitrogen and oxygen atoms in total. The van der Waals surface area contributed by atoms with E-state index in [-0.39, 0.29) is 23.9 Å². The largest absolute Gasteiger partial charge is 0.367 e. The zero-order chi connectivity index (χ0) is 24.9. The van der Waals surface area contributed by atoms with Crippen molar-refractivity contribution in [3.63, 3.8) is 0 Å². The van der Waals surface area contributed by atoms with Crippen LogP contribution in [0.2, 0.25) is 5.02 Å². The Kier molecular flexibility index (Phi) is 7.80. The standard InChI is InChI=1S/C26H32ClN5O3/c1-18(2)28-26(35)32-15-13-30(14-16-32)23-10-9-21(17-22(23)25(34)31-11-3-4-12-31)29-24(33)19-5-7-20(27)8-6-19/h5-10,17-18H,3-4,11-16H2,1-2H3,(H,28,35)(H,29,33). The normalized spacial score (nSPS) is 15.9. The molecule has 0 saturated carbocycles. The first kappa shape index (κ1) is 24.9. The predicted octanol–water partition coefficient (Wildman–Crippen LogP) is 4.07. The molecule has 35 heavy (non-hydrogen) atoms. The van der Waals surface area contributed by atoms with Crippen LogP contribution in [-0.2, 0) is 0 Å².